The number of rotatable bonds is 5. The van der Waals surface area contributed by atoms with Crippen LogP contribution in [0.25, 0.3) is 10.1 Å². The number of methoxy groups -OCH3 is 1. The number of aromatic hydroxyl groups is 1. The van der Waals surface area contributed by atoms with E-state index >= 15 is 0 Å². The zero-order chi connectivity index (χ0) is 23.9. The minimum atomic E-state index is -0.689. The molecular weight excluding hydrogens is 483 g/mol. The summed E-state index contributed by atoms with van der Waals surface area (Å²) in [6.07, 6.45) is 0. The summed E-state index contributed by atoms with van der Waals surface area (Å²) in [5, 5.41) is 21.7. The maximum absolute atomic E-state index is 13.5. The quantitative estimate of drug-likeness (QED) is 0.364. The highest BCUT2D eigenvalue weighted by molar-refractivity contribution is 7.22. The van der Waals surface area contributed by atoms with Crippen LogP contribution in [0.3, 0.4) is 0 Å². The van der Waals surface area contributed by atoms with Crippen LogP contribution < -0.4 is 10.3 Å². The van der Waals surface area contributed by atoms with Crippen molar-refractivity contribution in [1.82, 2.24) is 4.57 Å². The summed E-state index contributed by atoms with van der Waals surface area (Å²) < 4.78 is 6.85. The summed E-state index contributed by atoms with van der Waals surface area (Å²) >= 11 is 13.9. The van der Waals surface area contributed by atoms with Crippen molar-refractivity contribution in [1.29, 1.82) is 5.26 Å². The third kappa shape index (κ3) is 3.87. The van der Waals surface area contributed by atoms with Crippen molar-refractivity contribution in [3.63, 3.8) is 0 Å². The fraction of sp³-hybridized carbons (Fsp3) is 0.125. The molecule has 1 N–H and O–H groups in total. The van der Waals surface area contributed by atoms with Crippen molar-refractivity contribution < 1.29 is 14.6 Å². The Morgan fingerprint density at radius 3 is 2.52 bits per heavy atom. The second-order valence-corrected chi connectivity index (χ2v) is 9.07. The molecule has 0 saturated heterocycles. The van der Waals surface area contributed by atoms with Crippen LogP contribution in [0.2, 0.25) is 10.0 Å². The van der Waals surface area contributed by atoms with Crippen molar-refractivity contribution >= 4 is 50.4 Å². The molecule has 0 aliphatic carbocycles. The molecule has 2 aromatic carbocycles. The van der Waals surface area contributed by atoms with Crippen molar-refractivity contribution in [2.24, 2.45) is 0 Å². The number of halogens is 2. The maximum Gasteiger partial charge on any atom is 0.271 e. The van der Waals surface area contributed by atoms with Gasteiger partial charge in [-0.25, -0.2) is 0 Å². The predicted octanol–water partition coefficient (Wildman–Crippen LogP) is 5.54. The number of pyridine rings is 1. The molecule has 0 bridgehead atoms. The molecule has 4 aromatic rings. The lowest BCUT2D eigenvalue weighted by molar-refractivity contribution is 0.103. The molecule has 2 heterocycles. The van der Waals surface area contributed by atoms with Crippen molar-refractivity contribution in [2.75, 3.05) is 7.11 Å². The summed E-state index contributed by atoms with van der Waals surface area (Å²) in [4.78, 5) is 26.6. The first kappa shape index (κ1) is 22.9. The van der Waals surface area contributed by atoms with Crippen molar-refractivity contribution in [3.8, 4) is 17.7 Å². The first-order chi connectivity index (χ1) is 15.8. The van der Waals surface area contributed by atoms with Gasteiger partial charge in [0.05, 0.1) is 34.1 Å². The van der Waals surface area contributed by atoms with Crippen LogP contribution >= 0.6 is 34.5 Å². The van der Waals surface area contributed by atoms with E-state index in [0.29, 0.717) is 26.4 Å². The number of ketones is 1. The number of ether oxygens (including phenoxy) is 1. The topological polar surface area (TPSA) is 92.3 Å². The Labute approximate surface area is 202 Å². The van der Waals surface area contributed by atoms with Gasteiger partial charge in [0.1, 0.15) is 17.4 Å². The predicted molar refractivity (Wildman–Crippen MR) is 129 cm³/mol. The fourth-order valence-electron chi connectivity index (χ4n) is 3.61. The van der Waals surface area contributed by atoms with E-state index in [-0.39, 0.29) is 33.1 Å². The number of thiophene rings is 1. The third-order valence-electron chi connectivity index (χ3n) is 5.34. The average molecular weight is 499 g/mol. The largest absolute Gasteiger partial charge is 0.497 e. The number of carbonyl (C=O) groups is 1. The molecule has 9 heteroatoms. The highest BCUT2D eigenvalue weighted by Gasteiger charge is 2.28. The van der Waals surface area contributed by atoms with Crippen LogP contribution in [0, 0.1) is 18.3 Å². The normalized spacial score (nSPS) is 10.9. The Morgan fingerprint density at radius 1 is 1.21 bits per heavy atom. The molecule has 0 radical (unpaired) electrons. The molecule has 33 heavy (non-hydrogen) atoms. The van der Waals surface area contributed by atoms with Gasteiger partial charge in [-0.15, -0.1) is 11.3 Å². The zero-order valence-corrected chi connectivity index (χ0v) is 19.8. The molecule has 0 unspecified atom stereocenters. The summed E-state index contributed by atoms with van der Waals surface area (Å²) in [6, 6.07) is 13.9. The monoisotopic (exact) mass is 498 g/mol. The average Bonchev–Trinajstić information content (AvgIpc) is 3.15. The van der Waals surface area contributed by atoms with E-state index in [1.807, 2.05) is 6.07 Å². The number of hydrogen-bond donors (Lipinski definition) is 1. The minimum Gasteiger partial charge on any atom is -0.497 e. The van der Waals surface area contributed by atoms with Crippen LogP contribution in [-0.4, -0.2) is 22.6 Å². The first-order valence-electron chi connectivity index (χ1n) is 9.69. The zero-order valence-electron chi connectivity index (χ0n) is 17.5. The highest BCUT2D eigenvalue weighted by Crippen LogP contribution is 2.41. The Kier molecular flexibility index (Phi) is 6.17. The van der Waals surface area contributed by atoms with E-state index in [9.17, 15) is 20.0 Å². The molecular formula is C24H16Cl2N2O4S. The lowest BCUT2D eigenvalue weighted by atomic mass is 10.0. The van der Waals surface area contributed by atoms with Gasteiger partial charge in [0, 0.05) is 10.1 Å². The van der Waals surface area contributed by atoms with Gasteiger partial charge in [0.25, 0.3) is 5.56 Å². The van der Waals surface area contributed by atoms with Gasteiger partial charge in [0.15, 0.2) is 0 Å². The summed E-state index contributed by atoms with van der Waals surface area (Å²) in [5.41, 5.74) is -0.295. The lowest BCUT2D eigenvalue weighted by Gasteiger charge is -2.15. The molecule has 0 aliphatic rings. The van der Waals surface area contributed by atoms with E-state index in [0.717, 1.165) is 15.9 Å². The van der Waals surface area contributed by atoms with Gasteiger partial charge in [-0.1, -0.05) is 41.4 Å². The molecule has 4 rings (SSSR count). The maximum atomic E-state index is 13.5. The molecule has 166 valence electrons. The number of fused-ring (bicyclic) bond motifs is 1. The number of nitriles is 1. The van der Waals surface area contributed by atoms with Gasteiger partial charge >= 0.3 is 0 Å². The van der Waals surface area contributed by atoms with E-state index in [4.69, 9.17) is 27.9 Å². The van der Waals surface area contributed by atoms with E-state index < -0.39 is 17.2 Å². The molecule has 0 saturated carbocycles. The second-order valence-electron chi connectivity index (χ2n) is 7.24. The second kappa shape index (κ2) is 8.91. The SMILES string of the molecule is COc1ccc(Cn2c(O)c(C(=O)c3sc4cccc(Cl)c4c3Cl)c(C)c(C#N)c2=O)cc1. The number of hydrogen-bond acceptors (Lipinski definition) is 6. The van der Waals surface area contributed by atoms with E-state index in [2.05, 4.69) is 0 Å². The molecule has 2 aromatic heterocycles. The Morgan fingerprint density at radius 2 is 1.91 bits per heavy atom. The lowest BCUT2D eigenvalue weighted by Crippen LogP contribution is -2.27. The van der Waals surface area contributed by atoms with Crippen LogP contribution in [0.15, 0.2) is 47.3 Å². The molecule has 0 amide bonds. The minimum absolute atomic E-state index is 0.0458. The van der Waals surface area contributed by atoms with E-state index in [1.54, 1.807) is 42.5 Å². The molecule has 0 atom stereocenters. The van der Waals surface area contributed by atoms with Gasteiger partial charge in [-0.05, 0) is 42.3 Å². The van der Waals surface area contributed by atoms with Crippen molar-refractivity contribution in [3.05, 3.63) is 90.0 Å². The van der Waals surface area contributed by atoms with Gasteiger partial charge in [0.2, 0.25) is 11.7 Å². The number of benzene rings is 2. The Balaban J connectivity index is 1.90. The van der Waals surface area contributed by atoms with Gasteiger partial charge in [-0.2, -0.15) is 5.26 Å². The van der Waals surface area contributed by atoms with Crippen LogP contribution in [-0.2, 0) is 6.54 Å². The summed E-state index contributed by atoms with van der Waals surface area (Å²) in [7, 11) is 1.54. The molecule has 0 spiro atoms. The molecule has 0 fully saturated rings. The summed E-state index contributed by atoms with van der Waals surface area (Å²) in [6.45, 7) is 1.41. The Hall–Kier alpha value is -3.31. The third-order valence-corrected chi connectivity index (χ3v) is 7.30. The van der Waals surface area contributed by atoms with E-state index in [1.165, 1.54) is 14.0 Å². The highest BCUT2D eigenvalue weighted by atomic mass is 35.5. The van der Waals surface area contributed by atoms with Gasteiger partial charge < -0.3 is 9.84 Å². The number of nitrogens with zero attached hydrogens (tertiary/aromatic N) is 2. The standard InChI is InChI=1S/C24H16Cl2N2O4S/c1-12-15(10-27)23(30)28(11-13-6-8-14(32-2)9-7-13)24(31)18(12)21(29)22-20(26)19-16(25)4-3-5-17(19)33-22/h3-9,31H,11H2,1-2H3. The summed E-state index contributed by atoms with van der Waals surface area (Å²) in [5.74, 6) is -0.491. The fourth-order valence-corrected chi connectivity index (χ4v) is 5.51. The van der Waals surface area contributed by atoms with Gasteiger partial charge in [-0.3, -0.25) is 14.2 Å². The smallest absolute Gasteiger partial charge is 0.271 e. The molecule has 6 nitrogen and oxygen atoms in total. The van der Waals surface area contributed by atoms with Crippen molar-refractivity contribution in [2.45, 2.75) is 13.5 Å². The first-order valence-corrected chi connectivity index (χ1v) is 11.3. The van der Waals surface area contributed by atoms with Crippen LogP contribution in [0.1, 0.15) is 31.9 Å². The Bertz CT molecular complexity index is 1520. The van der Waals surface area contributed by atoms with Crippen LogP contribution in [0.4, 0.5) is 0 Å². The number of aromatic nitrogens is 1. The van der Waals surface area contributed by atoms with Crippen LogP contribution in [0.5, 0.6) is 11.6 Å². The molecule has 0 aliphatic heterocycles. The number of carbonyl (C=O) groups excluding carboxylic acids is 1.